The van der Waals surface area contributed by atoms with Crippen molar-refractivity contribution in [2.45, 2.75) is 19.4 Å². The first-order valence-corrected chi connectivity index (χ1v) is 5.40. The van der Waals surface area contributed by atoms with Crippen LogP contribution in [0.25, 0.3) is 0 Å². The van der Waals surface area contributed by atoms with Crippen LogP contribution in [0.5, 0.6) is 0 Å². The number of hydrogen-bond donors (Lipinski definition) is 1. The number of ether oxygens (including phenoxy) is 1. The number of alkyl halides is 1. The largest absolute Gasteiger partial charge is 0.383 e. The van der Waals surface area contributed by atoms with Gasteiger partial charge in [-0.25, -0.2) is 4.98 Å². The molecule has 5 heteroatoms. The highest BCUT2D eigenvalue weighted by atomic mass is 35.5. The molecule has 0 aromatic carbocycles. The summed E-state index contributed by atoms with van der Waals surface area (Å²) in [6, 6.07) is 0.183. The Morgan fingerprint density at radius 1 is 1.47 bits per heavy atom. The Bertz CT molecular complexity index is 290. The van der Waals surface area contributed by atoms with E-state index in [9.17, 15) is 0 Å². The highest BCUT2D eigenvalue weighted by Gasteiger charge is 2.09. The van der Waals surface area contributed by atoms with Crippen LogP contribution in [0.1, 0.15) is 12.1 Å². The maximum Gasteiger partial charge on any atom is 0.147 e. The number of aryl methyl sites for hydroxylation is 1. The Hall–Kier alpha value is -0.870. The van der Waals surface area contributed by atoms with Gasteiger partial charge in [0.15, 0.2) is 0 Å². The minimum atomic E-state index is 0.183. The van der Waals surface area contributed by atoms with Gasteiger partial charge in [-0.2, -0.15) is 0 Å². The summed E-state index contributed by atoms with van der Waals surface area (Å²) >= 11 is 5.71. The van der Waals surface area contributed by atoms with Crippen LogP contribution in [0.2, 0.25) is 0 Å². The number of halogens is 1. The highest BCUT2D eigenvalue weighted by Crippen LogP contribution is 2.10. The third-order valence-corrected chi connectivity index (χ3v) is 2.27. The molecule has 4 nitrogen and oxygen atoms in total. The fourth-order valence-electron chi connectivity index (χ4n) is 1.27. The van der Waals surface area contributed by atoms with Crippen LogP contribution >= 0.6 is 11.6 Å². The number of methoxy groups -OCH3 is 1. The molecule has 0 aliphatic heterocycles. The first-order chi connectivity index (χ1) is 7.27. The Kier molecular flexibility index (Phi) is 5.36. The molecule has 1 unspecified atom stereocenters. The van der Waals surface area contributed by atoms with Crippen LogP contribution in [0, 0.1) is 6.92 Å². The molecule has 1 N–H and O–H groups in total. The van der Waals surface area contributed by atoms with Crippen molar-refractivity contribution in [1.29, 1.82) is 0 Å². The summed E-state index contributed by atoms with van der Waals surface area (Å²) in [5.74, 6) is 1.39. The van der Waals surface area contributed by atoms with Crippen LogP contribution in [-0.4, -0.2) is 35.6 Å². The van der Waals surface area contributed by atoms with Crippen molar-refractivity contribution >= 4 is 17.4 Å². The standard InChI is InChI=1S/C10H16ClN3O/c1-8-10(13-6-5-12-8)14-9(3-4-11)7-15-2/h5-6,9H,3-4,7H2,1-2H3,(H,13,14). The fourth-order valence-corrected chi connectivity index (χ4v) is 1.54. The third-order valence-electron chi connectivity index (χ3n) is 2.05. The van der Waals surface area contributed by atoms with Crippen molar-refractivity contribution < 1.29 is 4.74 Å². The molecule has 0 saturated heterocycles. The molecule has 1 aromatic rings. The third kappa shape index (κ3) is 4.01. The summed E-state index contributed by atoms with van der Waals surface area (Å²) in [5, 5.41) is 3.27. The molecule has 0 aliphatic carbocycles. The molecule has 0 fully saturated rings. The molecule has 0 spiro atoms. The predicted octanol–water partition coefficient (Wildman–Crippen LogP) is 1.84. The van der Waals surface area contributed by atoms with E-state index in [1.807, 2.05) is 6.92 Å². The summed E-state index contributed by atoms with van der Waals surface area (Å²) in [6.45, 7) is 2.53. The first kappa shape index (κ1) is 12.2. The lowest BCUT2D eigenvalue weighted by molar-refractivity contribution is 0.184. The van der Waals surface area contributed by atoms with Crippen molar-refractivity contribution in [3.8, 4) is 0 Å². The molecule has 15 heavy (non-hydrogen) atoms. The van der Waals surface area contributed by atoms with E-state index in [2.05, 4.69) is 15.3 Å². The zero-order valence-electron chi connectivity index (χ0n) is 9.03. The molecule has 0 saturated carbocycles. The van der Waals surface area contributed by atoms with Crippen LogP contribution in [0.4, 0.5) is 5.82 Å². The summed E-state index contributed by atoms with van der Waals surface area (Å²) < 4.78 is 5.10. The van der Waals surface area contributed by atoms with Gasteiger partial charge in [0.2, 0.25) is 0 Å². The maximum absolute atomic E-state index is 5.71. The van der Waals surface area contributed by atoms with Gasteiger partial charge in [0.1, 0.15) is 5.82 Å². The number of aromatic nitrogens is 2. The molecule has 0 amide bonds. The second-order valence-corrected chi connectivity index (χ2v) is 3.64. The van der Waals surface area contributed by atoms with E-state index in [-0.39, 0.29) is 6.04 Å². The number of rotatable bonds is 6. The zero-order chi connectivity index (χ0) is 11.1. The Labute approximate surface area is 95.0 Å². The molecule has 0 bridgehead atoms. The molecule has 1 aromatic heterocycles. The monoisotopic (exact) mass is 229 g/mol. The average Bonchev–Trinajstić information content (AvgIpc) is 2.22. The second-order valence-electron chi connectivity index (χ2n) is 3.26. The van der Waals surface area contributed by atoms with Crippen LogP contribution in [0.3, 0.4) is 0 Å². The number of nitrogens with zero attached hydrogens (tertiary/aromatic N) is 2. The molecule has 0 radical (unpaired) electrons. The van der Waals surface area contributed by atoms with E-state index in [0.29, 0.717) is 12.5 Å². The van der Waals surface area contributed by atoms with Crippen LogP contribution in [0.15, 0.2) is 12.4 Å². The minimum absolute atomic E-state index is 0.183. The first-order valence-electron chi connectivity index (χ1n) is 4.87. The van der Waals surface area contributed by atoms with Gasteiger partial charge in [-0.1, -0.05) is 0 Å². The zero-order valence-corrected chi connectivity index (χ0v) is 9.79. The van der Waals surface area contributed by atoms with Crippen LogP contribution in [-0.2, 0) is 4.74 Å². The lowest BCUT2D eigenvalue weighted by atomic mass is 10.2. The Morgan fingerprint density at radius 2 is 2.20 bits per heavy atom. The lowest BCUT2D eigenvalue weighted by Crippen LogP contribution is -2.26. The second kappa shape index (κ2) is 6.58. The summed E-state index contributed by atoms with van der Waals surface area (Å²) in [4.78, 5) is 8.36. The smallest absolute Gasteiger partial charge is 0.147 e. The molecule has 1 atom stereocenters. The molecule has 1 rings (SSSR count). The Balaban J connectivity index is 2.60. The van der Waals surface area contributed by atoms with Crippen LogP contribution < -0.4 is 5.32 Å². The summed E-state index contributed by atoms with van der Waals surface area (Å²) in [5.41, 5.74) is 0.883. The topological polar surface area (TPSA) is 47.0 Å². The molecule has 0 aliphatic rings. The van der Waals surface area contributed by atoms with Gasteiger partial charge in [-0.3, -0.25) is 4.98 Å². The minimum Gasteiger partial charge on any atom is -0.383 e. The lowest BCUT2D eigenvalue weighted by Gasteiger charge is -2.17. The molecular weight excluding hydrogens is 214 g/mol. The number of nitrogens with one attached hydrogen (secondary N) is 1. The van der Waals surface area contributed by atoms with Gasteiger partial charge >= 0.3 is 0 Å². The van der Waals surface area contributed by atoms with E-state index in [4.69, 9.17) is 16.3 Å². The van der Waals surface area contributed by atoms with E-state index in [1.165, 1.54) is 0 Å². The average molecular weight is 230 g/mol. The molecule has 84 valence electrons. The van der Waals surface area contributed by atoms with Gasteiger partial charge in [0, 0.05) is 25.4 Å². The van der Waals surface area contributed by atoms with Gasteiger partial charge in [-0.05, 0) is 13.3 Å². The van der Waals surface area contributed by atoms with Gasteiger partial charge in [0.25, 0.3) is 0 Å². The van der Waals surface area contributed by atoms with E-state index >= 15 is 0 Å². The van der Waals surface area contributed by atoms with E-state index in [0.717, 1.165) is 17.9 Å². The summed E-state index contributed by atoms with van der Waals surface area (Å²) in [6.07, 6.45) is 4.18. The highest BCUT2D eigenvalue weighted by molar-refractivity contribution is 6.17. The predicted molar refractivity (Wildman–Crippen MR) is 61.4 cm³/mol. The van der Waals surface area contributed by atoms with Crippen molar-refractivity contribution in [3.63, 3.8) is 0 Å². The summed E-state index contributed by atoms with van der Waals surface area (Å²) in [7, 11) is 1.67. The van der Waals surface area contributed by atoms with Crippen molar-refractivity contribution in [3.05, 3.63) is 18.1 Å². The van der Waals surface area contributed by atoms with Gasteiger partial charge in [-0.15, -0.1) is 11.6 Å². The number of anilines is 1. The van der Waals surface area contributed by atoms with E-state index in [1.54, 1.807) is 19.5 Å². The van der Waals surface area contributed by atoms with Crippen molar-refractivity contribution in [2.75, 3.05) is 24.9 Å². The van der Waals surface area contributed by atoms with Crippen molar-refractivity contribution in [2.24, 2.45) is 0 Å². The van der Waals surface area contributed by atoms with Gasteiger partial charge < -0.3 is 10.1 Å². The fraction of sp³-hybridized carbons (Fsp3) is 0.600. The molecular formula is C10H16ClN3O. The Morgan fingerprint density at radius 3 is 2.80 bits per heavy atom. The normalized spacial score (nSPS) is 12.5. The van der Waals surface area contributed by atoms with Gasteiger partial charge in [0.05, 0.1) is 18.3 Å². The number of hydrogen-bond acceptors (Lipinski definition) is 4. The van der Waals surface area contributed by atoms with Crippen molar-refractivity contribution in [1.82, 2.24) is 9.97 Å². The molecule has 1 heterocycles. The quantitative estimate of drug-likeness (QED) is 0.757. The SMILES string of the molecule is COCC(CCCl)Nc1nccnc1C. The maximum atomic E-state index is 5.71. The van der Waals surface area contributed by atoms with E-state index < -0.39 is 0 Å².